The number of rotatable bonds is 3. The van der Waals surface area contributed by atoms with Crippen molar-refractivity contribution in [3.8, 4) is 5.75 Å². The minimum atomic E-state index is -4.42. The SMILES string of the molecule is Fc1cc(OCC(F)(F)F)ccc1N1CCNCC1. The third-order valence-corrected chi connectivity index (χ3v) is 2.78. The van der Waals surface area contributed by atoms with Crippen LogP contribution in [0.25, 0.3) is 0 Å². The van der Waals surface area contributed by atoms with Crippen molar-refractivity contribution in [2.24, 2.45) is 0 Å². The van der Waals surface area contributed by atoms with E-state index in [1.807, 2.05) is 4.90 Å². The lowest BCUT2D eigenvalue weighted by atomic mass is 10.2. The van der Waals surface area contributed by atoms with Crippen molar-refractivity contribution < 1.29 is 22.3 Å². The monoisotopic (exact) mass is 278 g/mol. The van der Waals surface area contributed by atoms with E-state index in [0.29, 0.717) is 18.8 Å². The first-order chi connectivity index (χ1) is 8.96. The number of nitrogens with zero attached hydrogens (tertiary/aromatic N) is 1. The molecular formula is C12H14F4N2O. The third kappa shape index (κ3) is 3.99. The van der Waals surface area contributed by atoms with Crippen LogP contribution in [-0.2, 0) is 0 Å². The molecule has 0 aromatic heterocycles. The van der Waals surface area contributed by atoms with Crippen LogP contribution in [0.1, 0.15) is 0 Å². The highest BCUT2D eigenvalue weighted by atomic mass is 19.4. The van der Waals surface area contributed by atoms with Crippen LogP contribution >= 0.6 is 0 Å². The van der Waals surface area contributed by atoms with Crippen molar-refractivity contribution in [2.75, 3.05) is 37.7 Å². The maximum absolute atomic E-state index is 13.8. The summed E-state index contributed by atoms with van der Waals surface area (Å²) in [6.07, 6.45) is -4.42. The number of benzene rings is 1. The summed E-state index contributed by atoms with van der Waals surface area (Å²) in [6, 6.07) is 3.79. The van der Waals surface area contributed by atoms with E-state index in [0.717, 1.165) is 19.2 Å². The second kappa shape index (κ2) is 5.64. The summed E-state index contributed by atoms with van der Waals surface area (Å²) in [7, 11) is 0. The van der Waals surface area contributed by atoms with Gasteiger partial charge in [-0.05, 0) is 12.1 Å². The molecule has 1 aliphatic rings. The van der Waals surface area contributed by atoms with Gasteiger partial charge in [0.25, 0.3) is 0 Å². The molecule has 1 saturated heterocycles. The molecule has 1 aromatic carbocycles. The molecule has 1 aromatic rings. The van der Waals surface area contributed by atoms with Crippen molar-refractivity contribution in [2.45, 2.75) is 6.18 Å². The van der Waals surface area contributed by atoms with Gasteiger partial charge in [-0.2, -0.15) is 13.2 Å². The standard InChI is InChI=1S/C12H14F4N2O/c13-10-7-9(19-8-12(14,15)16)1-2-11(10)18-5-3-17-4-6-18/h1-2,7,17H,3-6,8H2. The van der Waals surface area contributed by atoms with Gasteiger partial charge < -0.3 is 15.0 Å². The maximum Gasteiger partial charge on any atom is 0.422 e. The fraction of sp³-hybridized carbons (Fsp3) is 0.500. The molecule has 0 aliphatic carbocycles. The molecule has 1 N–H and O–H groups in total. The van der Waals surface area contributed by atoms with Crippen LogP contribution in [0.3, 0.4) is 0 Å². The molecular weight excluding hydrogens is 264 g/mol. The van der Waals surface area contributed by atoms with Crippen LogP contribution in [0, 0.1) is 5.82 Å². The molecule has 2 rings (SSSR count). The smallest absolute Gasteiger partial charge is 0.422 e. The Morgan fingerprint density at radius 1 is 1.21 bits per heavy atom. The van der Waals surface area contributed by atoms with Gasteiger partial charge in [0.1, 0.15) is 11.6 Å². The van der Waals surface area contributed by atoms with E-state index in [1.165, 1.54) is 12.1 Å². The van der Waals surface area contributed by atoms with Crippen molar-refractivity contribution >= 4 is 5.69 Å². The average Bonchev–Trinajstić information content (AvgIpc) is 2.37. The number of halogens is 4. The first-order valence-electron chi connectivity index (χ1n) is 5.90. The fourth-order valence-electron chi connectivity index (χ4n) is 1.90. The number of hydrogen-bond donors (Lipinski definition) is 1. The number of alkyl halides is 3. The molecule has 0 atom stereocenters. The van der Waals surface area contributed by atoms with Gasteiger partial charge in [-0.15, -0.1) is 0 Å². The van der Waals surface area contributed by atoms with Crippen molar-refractivity contribution in [1.29, 1.82) is 0 Å². The Hall–Kier alpha value is -1.50. The van der Waals surface area contributed by atoms with Gasteiger partial charge >= 0.3 is 6.18 Å². The Morgan fingerprint density at radius 2 is 1.89 bits per heavy atom. The lowest BCUT2D eigenvalue weighted by Crippen LogP contribution is -2.43. The first kappa shape index (κ1) is 13.9. The van der Waals surface area contributed by atoms with E-state index in [9.17, 15) is 17.6 Å². The number of piperazine rings is 1. The van der Waals surface area contributed by atoms with Crippen LogP contribution in [-0.4, -0.2) is 39.0 Å². The van der Waals surface area contributed by atoms with Gasteiger partial charge in [-0.25, -0.2) is 4.39 Å². The lowest BCUT2D eigenvalue weighted by molar-refractivity contribution is -0.153. The Bertz CT molecular complexity index is 430. The van der Waals surface area contributed by atoms with Gasteiger partial charge in [-0.1, -0.05) is 0 Å². The molecule has 0 radical (unpaired) electrons. The van der Waals surface area contributed by atoms with Crippen molar-refractivity contribution in [1.82, 2.24) is 5.32 Å². The Morgan fingerprint density at radius 3 is 2.47 bits per heavy atom. The number of ether oxygens (including phenoxy) is 1. The summed E-state index contributed by atoms with van der Waals surface area (Å²) >= 11 is 0. The molecule has 0 amide bonds. The molecule has 19 heavy (non-hydrogen) atoms. The Balaban J connectivity index is 2.04. The molecule has 0 saturated carbocycles. The zero-order valence-corrected chi connectivity index (χ0v) is 10.1. The molecule has 0 unspecified atom stereocenters. The van der Waals surface area contributed by atoms with Gasteiger partial charge in [0.2, 0.25) is 0 Å². The van der Waals surface area contributed by atoms with E-state index < -0.39 is 18.6 Å². The van der Waals surface area contributed by atoms with Crippen LogP contribution in [0.15, 0.2) is 18.2 Å². The predicted molar refractivity (Wildman–Crippen MR) is 63.0 cm³/mol. The van der Waals surface area contributed by atoms with E-state index in [1.54, 1.807) is 0 Å². The Kier molecular flexibility index (Phi) is 4.14. The third-order valence-electron chi connectivity index (χ3n) is 2.78. The minimum Gasteiger partial charge on any atom is -0.484 e. The Labute approximate surface area is 108 Å². The quantitative estimate of drug-likeness (QED) is 0.858. The summed E-state index contributed by atoms with van der Waals surface area (Å²) in [6.45, 7) is 1.43. The molecule has 1 fully saturated rings. The van der Waals surface area contributed by atoms with Gasteiger partial charge in [0.15, 0.2) is 6.61 Å². The lowest BCUT2D eigenvalue weighted by Gasteiger charge is -2.29. The zero-order chi connectivity index (χ0) is 13.9. The molecule has 1 aliphatic heterocycles. The van der Waals surface area contributed by atoms with E-state index >= 15 is 0 Å². The van der Waals surface area contributed by atoms with Gasteiger partial charge in [-0.3, -0.25) is 0 Å². The minimum absolute atomic E-state index is 0.117. The van der Waals surface area contributed by atoms with Crippen molar-refractivity contribution in [3.05, 3.63) is 24.0 Å². The molecule has 3 nitrogen and oxygen atoms in total. The second-order valence-electron chi connectivity index (χ2n) is 4.25. The zero-order valence-electron chi connectivity index (χ0n) is 10.1. The largest absolute Gasteiger partial charge is 0.484 e. The maximum atomic E-state index is 13.8. The number of nitrogens with one attached hydrogen (secondary N) is 1. The normalized spacial score (nSPS) is 16.5. The van der Waals surface area contributed by atoms with Gasteiger partial charge in [0, 0.05) is 32.2 Å². The summed E-state index contributed by atoms with van der Waals surface area (Å²) in [5, 5.41) is 3.14. The molecule has 0 bridgehead atoms. The van der Waals surface area contributed by atoms with Crippen molar-refractivity contribution in [3.63, 3.8) is 0 Å². The van der Waals surface area contributed by atoms with E-state index in [2.05, 4.69) is 10.1 Å². The highest BCUT2D eigenvalue weighted by Gasteiger charge is 2.28. The van der Waals surface area contributed by atoms with Crippen LogP contribution in [0.5, 0.6) is 5.75 Å². The average molecular weight is 278 g/mol. The van der Waals surface area contributed by atoms with Crippen LogP contribution < -0.4 is 15.0 Å². The number of hydrogen-bond acceptors (Lipinski definition) is 3. The summed E-state index contributed by atoms with van der Waals surface area (Å²) in [5.41, 5.74) is 0.390. The summed E-state index contributed by atoms with van der Waals surface area (Å²) in [4.78, 5) is 1.85. The molecule has 0 spiro atoms. The second-order valence-corrected chi connectivity index (χ2v) is 4.25. The molecule has 7 heteroatoms. The highest BCUT2D eigenvalue weighted by Crippen LogP contribution is 2.25. The topological polar surface area (TPSA) is 24.5 Å². The summed E-state index contributed by atoms with van der Waals surface area (Å²) < 4.78 is 54.3. The fourth-order valence-corrected chi connectivity index (χ4v) is 1.90. The first-order valence-corrected chi connectivity index (χ1v) is 5.90. The number of anilines is 1. The molecule has 106 valence electrons. The van der Waals surface area contributed by atoms with E-state index in [-0.39, 0.29) is 5.75 Å². The molecule has 1 heterocycles. The van der Waals surface area contributed by atoms with Crippen LogP contribution in [0.4, 0.5) is 23.2 Å². The predicted octanol–water partition coefficient (Wildman–Crippen LogP) is 2.18. The van der Waals surface area contributed by atoms with E-state index in [4.69, 9.17) is 0 Å². The van der Waals surface area contributed by atoms with Crippen LogP contribution in [0.2, 0.25) is 0 Å². The highest BCUT2D eigenvalue weighted by molar-refractivity contribution is 5.51. The van der Waals surface area contributed by atoms with Gasteiger partial charge in [0.05, 0.1) is 5.69 Å². The summed E-state index contributed by atoms with van der Waals surface area (Å²) in [5.74, 6) is -0.685.